The summed E-state index contributed by atoms with van der Waals surface area (Å²) < 4.78 is 45.3. The Bertz CT molecular complexity index is 656. The van der Waals surface area contributed by atoms with Crippen molar-refractivity contribution < 1.29 is 17.9 Å². The molecular formula is C15H13BrF3NO. The van der Waals surface area contributed by atoms with Crippen LogP contribution in [0.5, 0.6) is 11.5 Å². The van der Waals surface area contributed by atoms with E-state index < -0.39 is 11.7 Å². The van der Waals surface area contributed by atoms with Crippen molar-refractivity contribution in [1.29, 1.82) is 0 Å². The highest BCUT2D eigenvalue weighted by Gasteiger charge is 2.33. The zero-order valence-electron chi connectivity index (χ0n) is 11.2. The predicted octanol–water partition coefficient (Wildman–Crippen LogP) is 5.03. The Balaban J connectivity index is 2.39. The first-order chi connectivity index (χ1) is 9.81. The van der Waals surface area contributed by atoms with Crippen LogP contribution in [0.4, 0.5) is 13.2 Å². The zero-order chi connectivity index (χ0) is 15.6. The van der Waals surface area contributed by atoms with Crippen LogP contribution in [0.2, 0.25) is 0 Å². The summed E-state index contributed by atoms with van der Waals surface area (Å²) in [5, 5.41) is 0. The highest BCUT2D eigenvalue weighted by molar-refractivity contribution is 9.10. The number of hydrogen-bond donors (Lipinski definition) is 1. The molecule has 0 spiro atoms. The lowest BCUT2D eigenvalue weighted by atomic mass is 10.1. The lowest BCUT2D eigenvalue weighted by Crippen LogP contribution is -2.12. The molecule has 0 amide bonds. The molecule has 0 bridgehead atoms. The van der Waals surface area contributed by atoms with E-state index in [-0.39, 0.29) is 17.9 Å². The summed E-state index contributed by atoms with van der Waals surface area (Å²) in [5.41, 5.74) is 5.45. The standard InChI is InChI=1S/C15H13BrF3NO/c1-9-2-4-11(16)6-14(9)21-12-5-3-10(8-20)13(7-12)15(17,18)19/h2-7H,8,20H2,1H3. The second-order valence-corrected chi connectivity index (χ2v) is 5.45. The van der Waals surface area contributed by atoms with Gasteiger partial charge in [-0.3, -0.25) is 0 Å². The summed E-state index contributed by atoms with van der Waals surface area (Å²) in [7, 11) is 0. The van der Waals surface area contributed by atoms with Crippen molar-refractivity contribution >= 4 is 15.9 Å². The number of rotatable bonds is 3. The van der Waals surface area contributed by atoms with Gasteiger partial charge in [-0.25, -0.2) is 0 Å². The summed E-state index contributed by atoms with van der Waals surface area (Å²) in [6.07, 6.45) is -4.46. The van der Waals surface area contributed by atoms with Gasteiger partial charge in [-0.2, -0.15) is 13.2 Å². The molecule has 2 rings (SSSR count). The van der Waals surface area contributed by atoms with Gasteiger partial charge in [-0.05, 0) is 42.3 Å². The first kappa shape index (κ1) is 15.9. The van der Waals surface area contributed by atoms with E-state index in [2.05, 4.69) is 15.9 Å². The molecule has 0 aliphatic heterocycles. The van der Waals surface area contributed by atoms with Crippen LogP contribution in [0.3, 0.4) is 0 Å². The highest BCUT2D eigenvalue weighted by Crippen LogP contribution is 2.36. The van der Waals surface area contributed by atoms with E-state index in [0.717, 1.165) is 16.1 Å². The van der Waals surface area contributed by atoms with Gasteiger partial charge in [0.25, 0.3) is 0 Å². The Hall–Kier alpha value is -1.53. The molecule has 0 aromatic heterocycles. The fourth-order valence-electron chi connectivity index (χ4n) is 1.87. The van der Waals surface area contributed by atoms with E-state index in [1.165, 1.54) is 12.1 Å². The van der Waals surface area contributed by atoms with Crippen LogP contribution in [0.1, 0.15) is 16.7 Å². The van der Waals surface area contributed by atoms with Crippen LogP contribution in [0.15, 0.2) is 40.9 Å². The van der Waals surface area contributed by atoms with Crippen LogP contribution in [0, 0.1) is 6.92 Å². The van der Waals surface area contributed by atoms with Crippen molar-refractivity contribution in [3.05, 3.63) is 57.6 Å². The zero-order valence-corrected chi connectivity index (χ0v) is 12.8. The molecule has 6 heteroatoms. The number of aryl methyl sites for hydroxylation is 1. The smallest absolute Gasteiger partial charge is 0.416 e. The van der Waals surface area contributed by atoms with Crippen molar-refractivity contribution in [2.24, 2.45) is 5.73 Å². The Kier molecular flexibility index (Phi) is 4.58. The minimum Gasteiger partial charge on any atom is -0.457 e. The van der Waals surface area contributed by atoms with E-state index in [1.807, 2.05) is 19.1 Å². The fourth-order valence-corrected chi connectivity index (χ4v) is 2.21. The van der Waals surface area contributed by atoms with Gasteiger partial charge >= 0.3 is 6.18 Å². The monoisotopic (exact) mass is 359 g/mol. The van der Waals surface area contributed by atoms with Gasteiger partial charge in [0, 0.05) is 11.0 Å². The van der Waals surface area contributed by atoms with Crippen LogP contribution < -0.4 is 10.5 Å². The van der Waals surface area contributed by atoms with Gasteiger partial charge in [0.2, 0.25) is 0 Å². The van der Waals surface area contributed by atoms with Crippen molar-refractivity contribution in [2.75, 3.05) is 0 Å². The molecule has 0 heterocycles. The van der Waals surface area contributed by atoms with Crippen molar-refractivity contribution in [3.63, 3.8) is 0 Å². The van der Waals surface area contributed by atoms with E-state index in [9.17, 15) is 13.2 Å². The molecular weight excluding hydrogens is 347 g/mol. The maximum Gasteiger partial charge on any atom is 0.416 e. The number of nitrogens with two attached hydrogens (primary N) is 1. The molecule has 0 aliphatic rings. The van der Waals surface area contributed by atoms with Crippen LogP contribution >= 0.6 is 15.9 Å². The third-order valence-corrected chi connectivity index (χ3v) is 3.48. The number of ether oxygens (including phenoxy) is 1. The Morgan fingerprint density at radius 2 is 1.86 bits per heavy atom. The first-order valence-electron chi connectivity index (χ1n) is 6.15. The lowest BCUT2D eigenvalue weighted by molar-refractivity contribution is -0.138. The molecule has 112 valence electrons. The summed E-state index contributed by atoms with van der Waals surface area (Å²) in [6.45, 7) is 1.64. The van der Waals surface area contributed by atoms with Crippen molar-refractivity contribution in [3.8, 4) is 11.5 Å². The summed E-state index contributed by atoms with van der Waals surface area (Å²) >= 11 is 3.30. The Morgan fingerprint density at radius 1 is 1.14 bits per heavy atom. The summed E-state index contributed by atoms with van der Waals surface area (Å²) in [4.78, 5) is 0. The normalized spacial score (nSPS) is 11.5. The van der Waals surface area contributed by atoms with Crippen molar-refractivity contribution in [2.45, 2.75) is 19.6 Å². The molecule has 0 fully saturated rings. The maximum absolute atomic E-state index is 13.0. The van der Waals surface area contributed by atoms with E-state index >= 15 is 0 Å². The van der Waals surface area contributed by atoms with Crippen LogP contribution in [-0.2, 0) is 12.7 Å². The maximum atomic E-state index is 13.0. The molecule has 21 heavy (non-hydrogen) atoms. The molecule has 2 aromatic rings. The second kappa shape index (κ2) is 6.07. The third-order valence-electron chi connectivity index (χ3n) is 2.98. The van der Waals surface area contributed by atoms with Crippen LogP contribution in [0.25, 0.3) is 0 Å². The summed E-state index contributed by atoms with van der Waals surface area (Å²) in [5.74, 6) is 0.624. The Morgan fingerprint density at radius 3 is 2.48 bits per heavy atom. The van der Waals surface area contributed by atoms with Gasteiger partial charge in [0.15, 0.2) is 0 Å². The fraction of sp³-hybridized carbons (Fsp3) is 0.200. The molecule has 2 nitrogen and oxygen atoms in total. The first-order valence-corrected chi connectivity index (χ1v) is 6.95. The number of alkyl halides is 3. The predicted molar refractivity (Wildman–Crippen MR) is 78.3 cm³/mol. The van der Waals surface area contributed by atoms with E-state index in [1.54, 1.807) is 6.07 Å². The van der Waals surface area contributed by atoms with E-state index in [0.29, 0.717) is 5.75 Å². The highest BCUT2D eigenvalue weighted by atomic mass is 79.9. The average molecular weight is 360 g/mol. The number of benzene rings is 2. The number of hydrogen-bond acceptors (Lipinski definition) is 2. The molecule has 0 saturated heterocycles. The third kappa shape index (κ3) is 3.77. The molecule has 2 N–H and O–H groups in total. The van der Waals surface area contributed by atoms with E-state index in [4.69, 9.17) is 10.5 Å². The molecule has 0 saturated carbocycles. The Labute approximate surface area is 128 Å². The second-order valence-electron chi connectivity index (χ2n) is 4.53. The molecule has 0 aliphatic carbocycles. The van der Waals surface area contributed by atoms with Gasteiger partial charge in [0.05, 0.1) is 5.56 Å². The molecule has 2 aromatic carbocycles. The number of halogens is 4. The molecule has 0 atom stereocenters. The van der Waals surface area contributed by atoms with Crippen LogP contribution in [-0.4, -0.2) is 0 Å². The average Bonchev–Trinajstić information content (AvgIpc) is 2.42. The minimum absolute atomic E-state index is 0.0424. The van der Waals surface area contributed by atoms with Gasteiger partial charge in [-0.15, -0.1) is 0 Å². The van der Waals surface area contributed by atoms with Gasteiger partial charge < -0.3 is 10.5 Å². The largest absolute Gasteiger partial charge is 0.457 e. The molecule has 0 radical (unpaired) electrons. The molecule has 0 unspecified atom stereocenters. The lowest BCUT2D eigenvalue weighted by Gasteiger charge is -2.15. The van der Waals surface area contributed by atoms with Crippen molar-refractivity contribution in [1.82, 2.24) is 0 Å². The topological polar surface area (TPSA) is 35.2 Å². The SMILES string of the molecule is Cc1ccc(Br)cc1Oc1ccc(CN)c(C(F)(F)F)c1. The summed E-state index contributed by atoms with van der Waals surface area (Å²) in [6, 6.07) is 9.16. The quantitative estimate of drug-likeness (QED) is 0.834. The van der Waals surface area contributed by atoms with Gasteiger partial charge in [-0.1, -0.05) is 28.1 Å². The minimum atomic E-state index is -4.46. The van der Waals surface area contributed by atoms with Gasteiger partial charge in [0.1, 0.15) is 11.5 Å².